The summed E-state index contributed by atoms with van der Waals surface area (Å²) in [6.45, 7) is 1.92. The monoisotopic (exact) mass is 606 g/mol. The lowest BCUT2D eigenvalue weighted by molar-refractivity contribution is -0.137. The maximum Gasteiger partial charge on any atom is 0.416 e. The van der Waals surface area contributed by atoms with Crippen molar-refractivity contribution in [3.63, 3.8) is 0 Å². The first-order valence-electron chi connectivity index (χ1n) is 15.2. The highest BCUT2D eigenvalue weighted by atomic mass is 19.4. The molecule has 0 radical (unpaired) electrons. The Bertz CT molecular complexity index is 1680. The number of ether oxygens (including phenoxy) is 1. The molecule has 1 aliphatic rings. The minimum absolute atomic E-state index is 0.0472. The zero-order valence-electron chi connectivity index (χ0n) is 24.9. The highest BCUT2D eigenvalue weighted by Gasteiger charge is 2.42. The van der Waals surface area contributed by atoms with E-state index in [0.717, 1.165) is 54.5 Å². The summed E-state index contributed by atoms with van der Waals surface area (Å²) in [5, 5.41) is 19.8. The average molecular weight is 607 g/mol. The molecule has 5 nitrogen and oxygen atoms in total. The molecule has 45 heavy (non-hydrogen) atoms. The van der Waals surface area contributed by atoms with Gasteiger partial charge in [-0.25, -0.2) is 0 Å². The number of benzene rings is 4. The Labute approximate surface area is 260 Å². The lowest BCUT2D eigenvalue weighted by atomic mass is 9.77. The van der Waals surface area contributed by atoms with Crippen molar-refractivity contribution in [3.05, 3.63) is 137 Å². The van der Waals surface area contributed by atoms with E-state index < -0.39 is 17.3 Å². The van der Waals surface area contributed by atoms with Crippen molar-refractivity contribution >= 4 is 0 Å². The van der Waals surface area contributed by atoms with Gasteiger partial charge in [0.25, 0.3) is 0 Å². The van der Waals surface area contributed by atoms with Crippen LogP contribution in [-0.2, 0) is 11.7 Å². The first kappa shape index (κ1) is 30.1. The van der Waals surface area contributed by atoms with Crippen molar-refractivity contribution in [1.82, 2.24) is 15.0 Å². The Hall–Kier alpha value is -4.90. The highest BCUT2D eigenvalue weighted by Crippen LogP contribution is 2.42. The maximum absolute atomic E-state index is 14.2. The largest absolute Gasteiger partial charge is 0.490 e. The normalized spacial score (nSPS) is 14.9. The second-order valence-electron chi connectivity index (χ2n) is 11.6. The van der Waals surface area contributed by atoms with Gasteiger partial charge in [0.2, 0.25) is 0 Å². The number of rotatable bonds is 8. The van der Waals surface area contributed by atoms with Crippen LogP contribution in [-0.4, -0.2) is 21.1 Å². The summed E-state index contributed by atoms with van der Waals surface area (Å²) in [6.07, 6.45) is 0.433. The second kappa shape index (κ2) is 12.6. The molecule has 8 heteroatoms. The van der Waals surface area contributed by atoms with E-state index in [1.165, 1.54) is 11.2 Å². The van der Waals surface area contributed by atoms with Gasteiger partial charge in [0.05, 0.1) is 11.7 Å². The molecule has 1 unspecified atom stereocenters. The molecule has 0 spiro atoms. The maximum atomic E-state index is 14.2. The van der Waals surface area contributed by atoms with Crippen LogP contribution in [0.15, 0.2) is 109 Å². The summed E-state index contributed by atoms with van der Waals surface area (Å²) in [5.41, 5.74) is 0.530. The SMILES string of the molecule is CC(Oc1cc(-c2nn(C(c3ccccc3)(c3ccccc3)c3ccccc3)nc2C#N)cc(C(F)(F)F)c1)C1CCCCC1. The molecule has 228 valence electrons. The van der Waals surface area contributed by atoms with Crippen LogP contribution in [0.5, 0.6) is 5.75 Å². The van der Waals surface area contributed by atoms with Crippen LogP contribution < -0.4 is 4.74 Å². The molecule has 1 aromatic heterocycles. The third-order valence-electron chi connectivity index (χ3n) is 8.74. The van der Waals surface area contributed by atoms with Crippen LogP contribution >= 0.6 is 0 Å². The van der Waals surface area contributed by atoms with Gasteiger partial charge in [-0.1, -0.05) is 110 Å². The number of halogens is 3. The minimum atomic E-state index is -4.63. The molecule has 1 atom stereocenters. The molecule has 1 fully saturated rings. The number of aromatic nitrogens is 3. The zero-order valence-corrected chi connectivity index (χ0v) is 24.9. The van der Waals surface area contributed by atoms with Crippen molar-refractivity contribution in [2.24, 2.45) is 5.92 Å². The van der Waals surface area contributed by atoms with Crippen LogP contribution in [0.4, 0.5) is 13.2 Å². The van der Waals surface area contributed by atoms with Crippen LogP contribution in [0.1, 0.15) is 67.0 Å². The Morgan fingerprint density at radius 3 is 1.78 bits per heavy atom. The Balaban J connectivity index is 1.55. The van der Waals surface area contributed by atoms with Crippen molar-refractivity contribution < 1.29 is 17.9 Å². The van der Waals surface area contributed by atoms with Crippen molar-refractivity contribution in [2.45, 2.75) is 56.8 Å². The summed E-state index contributed by atoms with van der Waals surface area (Å²) in [5.74, 6) is 0.368. The van der Waals surface area contributed by atoms with E-state index >= 15 is 0 Å². The second-order valence-corrected chi connectivity index (χ2v) is 11.6. The quantitative estimate of drug-likeness (QED) is 0.165. The van der Waals surface area contributed by atoms with E-state index in [1.807, 2.05) is 97.9 Å². The molecule has 1 heterocycles. The third kappa shape index (κ3) is 5.95. The number of alkyl halides is 3. The van der Waals surface area contributed by atoms with Crippen molar-refractivity contribution in [1.29, 1.82) is 5.26 Å². The molecule has 0 aliphatic heterocycles. The molecule has 5 aromatic rings. The average Bonchev–Trinajstić information content (AvgIpc) is 3.51. The van der Waals surface area contributed by atoms with E-state index in [9.17, 15) is 18.4 Å². The van der Waals surface area contributed by atoms with Gasteiger partial charge in [-0.2, -0.15) is 28.3 Å². The topological polar surface area (TPSA) is 63.7 Å². The molecule has 0 bridgehead atoms. The third-order valence-corrected chi connectivity index (χ3v) is 8.74. The summed E-state index contributed by atoms with van der Waals surface area (Å²) >= 11 is 0. The smallest absolute Gasteiger partial charge is 0.416 e. The standard InChI is InChI=1S/C37H33F3N4O/c1-26(27-14-6-2-7-15-27)45-33-23-28(22-32(24-33)37(38,39)40)35-34(25-41)42-44(43-35)36(29-16-8-3-9-17-29,30-18-10-4-11-19-30)31-20-12-5-13-21-31/h3-5,8-13,16-24,26-27H,2,6-7,14-15H2,1H3. The fourth-order valence-corrected chi connectivity index (χ4v) is 6.49. The van der Waals surface area contributed by atoms with Gasteiger partial charge in [0.15, 0.2) is 11.2 Å². The molecule has 0 N–H and O–H groups in total. The predicted molar refractivity (Wildman–Crippen MR) is 166 cm³/mol. The molecule has 4 aromatic carbocycles. The molecule has 6 rings (SSSR count). The van der Waals surface area contributed by atoms with E-state index in [2.05, 4.69) is 11.2 Å². The van der Waals surface area contributed by atoms with E-state index in [1.54, 1.807) is 6.07 Å². The first-order valence-corrected chi connectivity index (χ1v) is 15.2. The van der Waals surface area contributed by atoms with Gasteiger partial charge in [0, 0.05) is 5.56 Å². The number of nitriles is 1. The lowest BCUT2D eigenvalue weighted by Gasteiger charge is -2.34. The number of hydrogen-bond acceptors (Lipinski definition) is 4. The Morgan fingerprint density at radius 1 is 0.756 bits per heavy atom. The fraction of sp³-hybridized carbons (Fsp3) is 0.270. The van der Waals surface area contributed by atoms with E-state index in [4.69, 9.17) is 9.84 Å². The minimum Gasteiger partial charge on any atom is -0.490 e. The van der Waals surface area contributed by atoms with Gasteiger partial charge in [-0.3, -0.25) is 0 Å². The molecular formula is C37H33F3N4O. The van der Waals surface area contributed by atoms with Gasteiger partial charge < -0.3 is 4.74 Å². The van der Waals surface area contributed by atoms with Crippen LogP contribution in [0.25, 0.3) is 11.3 Å². The van der Waals surface area contributed by atoms with Gasteiger partial charge in [-0.05, 0) is 60.6 Å². The molecule has 1 saturated carbocycles. The first-order chi connectivity index (χ1) is 21.8. The molecular weight excluding hydrogens is 573 g/mol. The summed E-state index contributed by atoms with van der Waals surface area (Å²) in [6, 6.07) is 34.6. The van der Waals surface area contributed by atoms with Gasteiger partial charge in [0.1, 0.15) is 17.5 Å². The van der Waals surface area contributed by atoms with Crippen molar-refractivity contribution in [3.8, 4) is 23.1 Å². The molecule has 1 aliphatic carbocycles. The summed E-state index contributed by atoms with van der Waals surface area (Å²) in [7, 11) is 0. The zero-order chi connectivity index (χ0) is 31.4. The van der Waals surface area contributed by atoms with Crippen molar-refractivity contribution in [2.75, 3.05) is 0 Å². The Morgan fingerprint density at radius 2 is 1.29 bits per heavy atom. The molecule has 0 amide bonds. The summed E-state index contributed by atoms with van der Waals surface area (Å²) in [4.78, 5) is 1.46. The van der Waals surface area contributed by atoms with Crippen LogP contribution in [0.3, 0.4) is 0 Å². The number of hydrogen-bond donors (Lipinski definition) is 0. The predicted octanol–water partition coefficient (Wildman–Crippen LogP) is 9.02. The van der Waals surface area contributed by atoms with E-state index in [0.29, 0.717) is 0 Å². The van der Waals surface area contributed by atoms with E-state index in [-0.39, 0.29) is 34.7 Å². The highest BCUT2D eigenvalue weighted by molar-refractivity contribution is 5.67. The lowest BCUT2D eigenvalue weighted by Crippen LogP contribution is -2.39. The van der Waals surface area contributed by atoms with Crippen LogP contribution in [0, 0.1) is 17.2 Å². The fourth-order valence-electron chi connectivity index (χ4n) is 6.49. The Kier molecular flexibility index (Phi) is 8.44. The van der Waals surface area contributed by atoms with Gasteiger partial charge in [-0.15, -0.1) is 5.10 Å². The molecule has 0 saturated heterocycles. The summed E-state index contributed by atoms with van der Waals surface area (Å²) < 4.78 is 48.9. The van der Waals surface area contributed by atoms with Crippen LogP contribution in [0.2, 0.25) is 0 Å². The number of nitrogens with zero attached hydrogens (tertiary/aromatic N) is 4. The van der Waals surface area contributed by atoms with Gasteiger partial charge >= 0.3 is 6.18 Å².